The minimum atomic E-state index is -1.51. The third-order valence-electron chi connectivity index (χ3n) is 3.64. The van der Waals surface area contributed by atoms with Gasteiger partial charge in [0.05, 0.1) is 12.1 Å². The van der Waals surface area contributed by atoms with Crippen molar-refractivity contribution in [2.45, 2.75) is 37.8 Å². The van der Waals surface area contributed by atoms with Gasteiger partial charge in [-0.3, -0.25) is 0 Å². The number of nitrogens with two attached hydrogens (primary N) is 1. The number of hydrogen-bond donors (Lipinski definition) is 2. The summed E-state index contributed by atoms with van der Waals surface area (Å²) in [6, 6.07) is 0.806. The van der Waals surface area contributed by atoms with Gasteiger partial charge in [0.2, 0.25) is 0 Å². The molecule has 0 heterocycles. The summed E-state index contributed by atoms with van der Waals surface area (Å²) in [5, 5.41) is 10.1. The van der Waals surface area contributed by atoms with Crippen LogP contribution in [0.4, 0.5) is 13.2 Å². The highest BCUT2D eigenvalue weighted by molar-refractivity contribution is 5.23. The van der Waals surface area contributed by atoms with Crippen molar-refractivity contribution in [3.63, 3.8) is 0 Å². The van der Waals surface area contributed by atoms with Gasteiger partial charge in [-0.05, 0) is 36.5 Å². The second kappa shape index (κ2) is 5.28. The standard InChI is InChI=1S/C13H16F3NO/c14-9-5-8(6-10(15)11(9)16)12(17)13(18)7-3-1-2-4-7/h5-7,12-13,18H,1-4,17H2/t12-,13+/m0/s1. The zero-order chi connectivity index (χ0) is 13.3. The van der Waals surface area contributed by atoms with Crippen molar-refractivity contribution in [1.82, 2.24) is 0 Å². The van der Waals surface area contributed by atoms with Crippen molar-refractivity contribution in [2.24, 2.45) is 11.7 Å². The average molecular weight is 259 g/mol. The molecule has 1 aliphatic rings. The molecule has 2 nitrogen and oxygen atoms in total. The first-order chi connectivity index (χ1) is 8.50. The Morgan fingerprint density at radius 3 is 2.11 bits per heavy atom. The number of aliphatic hydroxyl groups excluding tert-OH is 1. The van der Waals surface area contributed by atoms with Crippen LogP contribution in [0, 0.1) is 23.4 Å². The highest BCUT2D eigenvalue weighted by atomic mass is 19.2. The average Bonchev–Trinajstić information content (AvgIpc) is 2.87. The van der Waals surface area contributed by atoms with Crippen LogP contribution in [0.5, 0.6) is 0 Å². The predicted molar refractivity (Wildman–Crippen MR) is 61.2 cm³/mol. The lowest BCUT2D eigenvalue weighted by atomic mass is 9.91. The van der Waals surface area contributed by atoms with Crippen molar-refractivity contribution in [1.29, 1.82) is 0 Å². The maximum Gasteiger partial charge on any atom is 0.194 e. The summed E-state index contributed by atoms with van der Waals surface area (Å²) >= 11 is 0. The summed E-state index contributed by atoms with van der Waals surface area (Å²) in [7, 11) is 0. The molecular formula is C13H16F3NO. The van der Waals surface area contributed by atoms with Crippen LogP contribution < -0.4 is 5.73 Å². The minimum Gasteiger partial charge on any atom is -0.391 e. The first-order valence-corrected chi connectivity index (χ1v) is 6.09. The van der Waals surface area contributed by atoms with E-state index >= 15 is 0 Å². The lowest BCUT2D eigenvalue weighted by Gasteiger charge is -2.24. The molecule has 5 heteroatoms. The highest BCUT2D eigenvalue weighted by Gasteiger charge is 2.29. The van der Waals surface area contributed by atoms with E-state index in [0.29, 0.717) is 0 Å². The van der Waals surface area contributed by atoms with Crippen LogP contribution in [0.1, 0.15) is 37.3 Å². The topological polar surface area (TPSA) is 46.2 Å². The van der Waals surface area contributed by atoms with Gasteiger partial charge in [-0.15, -0.1) is 0 Å². The van der Waals surface area contributed by atoms with E-state index in [4.69, 9.17) is 5.73 Å². The fourth-order valence-electron chi connectivity index (χ4n) is 2.56. The predicted octanol–water partition coefficient (Wildman–Crippen LogP) is 2.65. The molecule has 2 atom stereocenters. The Morgan fingerprint density at radius 1 is 1.11 bits per heavy atom. The molecule has 0 aromatic heterocycles. The number of hydrogen-bond acceptors (Lipinski definition) is 2. The maximum atomic E-state index is 13.1. The van der Waals surface area contributed by atoms with Crippen molar-refractivity contribution in [3.05, 3.63) is 35.1 Å². The Hall–Kier alpha value is -1.07. The van der Waals surface area contributed by atoms with Gasteiger partial charge < -0.3 is 10.8 Å². The first kappa shape index (κ1) is 13.4. The molecule has 3 N–H and O–H groups in total. The Bertz CT molecular complexity index is 409. The van der Waals surface area contributed by atoms with Gasteiger partial charge in [0.25, 0.3) is 0 Å². The summed E-state index contributed by atoms with van der Waals surface area (Å²) in [5.74, 6) is -4.02. The number of halogens is 3. The molecule has 0 amide bonds. The molecule has 0 bridgehead atoms. The first-order valence-electron chi connectivity index (χ1n) is 6.09. The fourth-order valence-corrected chi connectivity index (χ4v) is 2.56. The summed E-state index contributed by atoms with van der Waals surface area (Å²) in [6.07, 6.45) is 2.93. The van der Waals surface area contributed by atoms with E-state index in [2.05, 4.69) is 0 Å². The van der Waals surface area contributed by atoms with Crippen LogP contribution in [-0.2, 0) is 0 Å². The third kappa shape index (κ3) is 2.52. The molecule has 1 saturated carbocycles. The maximum absolute atomic E-state index is 13.1. The lowest BCUT2D eigenvalue weighted by molar-refractivity contribution is 0.0842. The van der Waals surface area contributed by atoms with E-state index in [0.717, 1.165) is 37.8 Å². The van der Waals surface area contributed by atoms with E-state index in [1.807, 2.05) is 0 Å². The molecule has 0 unspecified atom stereocenters. The van der Waals surface area contributed by atoms with Crippen LogP contribution in [0.2, 0.25) is 0 Å². The zero-order valence-electron chi connectivity index (χ0n) is 9.87. The van der Waals surface area contributed by atoms with Crippen LogP contribution >= 0.6 is 0 Å². The van der Waals surface area contributed by atoms with Crippen LogP contribution in [-0.4, -0.2) is 11.2 Å². The van der Waals surface area contributed by atoms with Crippen LogP contribution in [0.25, 0.3) is 0 Å². The minimum absolute atomic E-state index is 0.0520. The summed E-state index contributed by atoms with van der Waals surface area (Å²) in [4.78, 5) is 0. The Kier molecular flexibility index (Phi) is 3.92. The van der Waals surface area contributed by atoms with E-state index in [1.54, 1.807) is 0 Å². The van der Waals surface area contributed by atoms with Crippen molar-refractivity contribution in [2.75, 3.05) is 0 Å². The lowest BCUT2D eigenvalue weighted by Crippen LogP contribution is -2.32. The van der Waals surface area contributed by atoms with Gasteiger partial charge in [0.15, 0.2) is 17.5 Å². The largest absolute Gasteiger partial charge is 0.391 e. The van der Waals surface area contributed by atoms with Gasteiger partial charge in [0, 0.05) is 0 Å². The third-order valence-corrected chi connectivity index (χ3v) is 3.64. The molecule has 1 fully saturated rings. The fraction of sp³-hybridized carbons (Fsp3) is 0.538. The Balaban J connectivity index is 2.19. The zero-order valence-corrected chi connectivity index (χ0v) is 9.87. The molecule has 100 valence electrons. The summed E-state index contributed by atoms with van der Waals surface area (Å²) in [6.45, 7) is 0. The quantitative estimate of drug-likeness (QED) is 0.820. The molecule has 0 saturated heterocycles. The van der Waals surface area contributed by atoms with Gasteiger partial charge in [-0.2, -0.15) is 0 Å². The normalized spacial score (nSPS) is 20.1. The van der Waals surface area contributed by atoms with Crippen LogP contribution in [0.3, 0.4) is 0 Å². The number of rotatable bonds is 3. The molecule has 2 rings (SSSR count). The number of benzene rings is 1. The molecule has 0 radical (unpaired) electrons. The van der Waals surface area contributed by atoms with Crippen molar-refractivity contribution < 1.29 is 18.3 Å². The van der Waals surface area contributed by atoms with Crippen LogP contribution in [0.15, 0.2) is 12.1 Å². The van der Waals surface area contributed by atoms with Crippen molar-refractivity contribution >= 4 is 0 Å². The Morgan fingerprint density at radius 2 is 1.61 bits per heavy atom. The van der Waals surface area contributed by atoms with Gasteiger partial charge in [-0.25, -0.2) is 13.2 Å². The molecule has 1 aromatic rings. The van der Waals surface area contributed by atoms with E-state index < -0.39 is 29.6 Å². The molecule has 0 aliphatic heterocycles. The monoisotopic (exact) mass is 259 g/mol. The van der Waals surface area contributed by atoms with Gasteiger partial charge in [0.1, 0.15) is 0 Å². The van der Waals surface area contributed by atoms with Gasteiger partial charge >= 0.3 is 0 Å². The van der Waals surface area contributed by atoms with Gasteiger partial charge in [-0.1, -0.05) is 12.8 Å². The molecular weight excluding hydrogens is 243 g/mol. The second-order valence-electron chi connectivity index (χ2n) is 4.86. The number of aliphatic hydroxyl groups is 1. The Labute approximate surface area is 104 Å². The van der Waals surface area contributed by atoms with E-state index in [-0.39, 0.29) is 11.5 Å². The van der Waals surface area contributed by atoms with Crippen molar-refractivity contribution in [3.8, 4) is 0 Å². The summed E-state index contributed by atoms with van der Waals surface area (Å²) in [5.41, 5.74) is 5.89. The molecule has 1 aliphatic carbocycles. The second-order valence-corrected chi connectivity index (χ2v) is 4.86. The highest BCUT2D eigenvalue weighted by Crippen LogP contribution is 2.33. The molecule has 0 spiro atoms. The summed E-state index contributed by atoms with van der Waals surface area (Å²) < 4.78 is 39.0. The molecule has 1 aromatic carbocycles. The smallest absolute Gasteiger partial charge is 0.194 e. The molecule has 18 heavy (non-hydrogen) atoms. The SMILES string of the molecule is N[C@@H](c1cc(F)c(F)c(F)c1)[C@H](O)C1CCCC1. The van der Waals surface area contributed by atoms with E-state index in [9.17, 15) is 18.3 Å². The van der Waals surface area contributed by atoms with E-state index in [1.165, 1.54) is 0 Å².